The van der Waals surface area contributed by atoms with Gasteiger partial charge in [0.15, 0.2) is 0 Å². The van der Waals surface area contributed by atoms with E-state index in [0.29, 0.717) is 106 Å². The Kier molecular flexibility index (Phi) is 24.4. The van der Waals surface area contributed by atoms with Crippen molar-refractivity contribution in [2.45, 2.75) is 13.3 Å². The molecule has 0 aliphatic rings. The van der Waals surface area contributed by atoms with E-state index in [9.17, 15) is 4.79 Å². The molecule has 10 heteroatoms. The molecule has 0 bridgehead atoms. The van der Waals surface area contributed by atoms with Gasteiger partial charge in [0.25, 0.3) is 0 Å². The van der Waals surface area contributed by atoms with Gasteiger partial charge in [-0.05, 0) is 6.92 Å². The van der Waals surface area contributed by atoms with Crippen LogP contribution in [0.15, 0.2) is 0 Å². The molecule has 0 aromatic rings. The van der Waals surface area contributed by atoms with Crippen molar-refractivity contribution in [2.75, 3.05) is 106 Å². The van der Waals surface area contributed by atoms with Gasteiger partial charge in [-0.15, -0.1) is 0 Å². The predicted octanol–water partition coefficient (Wildman–Crippen LogP) is 0.0145. The maximum atomic E-state index is 11.1. The molecule has 10 nitrogen and oxygen atoms in total. The molecule has 0 heterocycles. The fourth-order valence-corrected chi connectivity index (χ4v) is 1.89. The molecule has 0 rings (SSSR count). The third-order valence-electron chi connectivity index (χ3n) is 3.25. The van der Waals surface area contributed by atoms with Crippen LogP contribution in [0.1, 0.15) is 13.3 Å². The fourth-order valence-electron chi connectivity index (χ4n) is 1.89. The maximum Gasteiger partial charge on any atom is 0.308 e. The number of hydrogen-bond donors (Lipinski definition) is 1. The Labute approximate surface area is 174 Å². The first-order valence-corrected chi connectivity index (χ1v) is 10.2. The van der Waals surface area contributed by atoms with Crippen LogP contribution in [-0.2, 0) is 42.7 Å². The van der Waals surface area contributed by atoms with Gasteiger partial charge < -0.3 is 43.6 Å². The van der Waals surface area contributed by atoms with E-state index in [-0.39, 0.29) is 12.4 Å². The van der Waals surface area contributed by atoms with Gasteiger partial charge in [-0.25, -0.2) is 0 Å². The molecule has 0 aromatic carbocycles. The first-order chi connectivity index (χ1) is 14.3. The molecule has 0 aliphatic carbocycles. The van der Waals surface area contributed by atoms with Crippen molar-refractivity contribution in [3.05, 3.63) is 0 Å². The summed E-state index contributed by atoms with van der Waals surface area (Å²) in [6, 6.07) is 0. The zero-order chi connectivity index (χ0) is 21.3. The van der Waals surface area contributed by atoms with Crippen molar-refractivity contribution in [2.24, 2.45) is 5.73 Å². The van der Waals surface area contributed by atoms with Crippen LogP contribution in [0.4, 0.5) is 0 Å². The Morgan fingerprint density at radius 2 is 0.862 bits per heavy atom. The number of esters is 1. The third kappa shape index (κ3) is 25.1. The Morgan fingerprint density at radius 3 is 1.17 bits per heavy atom. The summed E-state index contributed by atoms with van der Waals surface area (Å²) in [7, 11) is 0. The van der Waals surface area contributed by atoms with Crippen LogP contribution < -0.4 is 5.73 Å². The zero-order valence-corrected chi connectivity index (χ0v) is 17.8. The van der Waals surface area contributed by atoms with Crippen molar-refractivity contribution in [1.82, 2.24) is 0 Å². The van der Waals surface area contributed by atoms with E-state index in [1.807, 2.05) is 0 Å². The van der Waals surface area contributed by atoms with Crippen LogP contribution >= 0.6 is 0 Å². The van der Waals surface area contributed by atoms with Gasteiger partial charge in [0, 0.05) is 6.54 Å². The average molecular weight is 426 g/mol. The van der Waals surface area contributed by atoms with Crippen LogP contribution in [-0.4, -0.2) is 112 Å². The lowest BCUT2D eigenvalue weighted by Crippen LogP contribution is -2.15. The number of rotatable bonds is 24. The standard InChI is InChI=1S/C19H39NO9/c1-2-29-19(21)3-5-22-7-9-24-11-13-26-15-17-28-18-16-27-14-12-25-10-8-23-6-4-20/h2-18,20H2,1H3. The molecule has 0 aromatic heterocycles. The number of carbonyl (C=O) groups excluding carboxylic acids is 1. The average Bonchev–Trinajstić information content (AvgIpc) is 2.72. The van der Waals surface area contributed by atoms with Gasteiger partial charge in [-0.1, -0.05) is 0 Å². The van der Waals surface area contributed by atoms with E-state index in [1.54, 1.807) is 6.92 Å². The molecule has 0 unspecified atom stereocenters. The van der Waals surface area contributed by atoms with Crippen LogP contribution in [0, 0.1) is 0 Å². The van der Waals surface area contributed by atoms with E-state index in [0.717, 1.165) is 0 Å². The summed E-state index contributed by atoms with van der Waals surface area (Å²) < 4.78 is 42.1. The molecule has 0 spiro atoms. The molecular weight excluding hydrogens is 386 g/mol. The summed E-state index contributed by atoms with van der Waals surface area (Å²) in [5.41, 5.74) is 5.30. The Hall–Kier alpha value is -0.850. The molecule has 0 saturated carbocycles. The first kappa shape index (κ1) is 28.1. The van der Waals surface area contributed by atoms with Crippen molar-refractivity contribution in [1.29, 1.82) is 0 Å². The molecule has 2 N–H and O–H groups in total. The summed E-state index contributed by atoms with van der Waals surface area (Å²) in [6.45, 7) is 9.69. The van der Waals surface area contributed by atoms with E-state index >= 15 is 0 Å². The zero-order valence-electron chi connectivity index (χ0n) is 17.8. The molecule has 0 atom stereocenters. The predicted molar refractivity (Wildman–Crippen MR) is 106 cm³/mol. The van der Waals surface area contributed by atoms with E-state index in [4.69, 9.17) is 43.6 Å². The molecule has 174 valence electrons. The highest BCUT2D eigenvalue weighted by atomic mass is 16.6. The normalized spacial score (nSPS) is 11.1. The van der Waals surface area contributed by atoms with Crippen molar-refractivity contribution < 1.29 is 42.7 Å². The van der Waals surface area contributed by atoms with Crippen molar-refractivity contribution >= 4 is 5.97 Å². The Morgan fingerprint density at radius 1 is 0.552 bits per heavy atom. The molecule has 0 amide bonds. The van der Waals surface area contributed by atoms with Crippen LogP contribution in [0.2, 0.25) is 0 Å². The lowest BCUT2D eigenvalue weighted by atomic mass is 10.5. The van der Waals surface area contributed by atoms with Gasteiger partial charge in [0.2, 0.25) is 0 Å². The number of carbonyl (C=O) groups is 1. The molecular formula is C19H39NO9. The molecule has 0 fully saturated rings. The first-order valence-electron chi connectivity index (χ1n) is 10.2. The minimum atomic E-state index is -0.245. The van der Waals surface area contributed by atoms with E-state index in [2.05, 4.69) is 0 Å². The summed E-state index contributed by atoms with van der Waals surface area (Å²) in [4.78, 5) is 11.1. The molecule has 0 radical (unpaired) electrons. The minimum Gasteiger partial charge on any atom is -0.466 e. The topological polar surface area (TPSA) is 117 Å². The highest BCUT2D eigenvalue weighted by molar-refractivity contribution is 5.69. The lowest BCUT2D eigenvalue weighted by Gasteiger charge is -2.08. The summed E-state index contributed by atoms with van der Waals surface area (Å²) in [5.74, 6) is -0.245. The summed E-state index contributed by atoms with van der Waals surface area (Å²) in [5, 5.41) is 0. The summed E-state index contributed by atoms with van der Waals surface area (Å²) in [6.07, 6.45) is 0.265. The highest BCUT2D eigenvalue weighted by Crippen LogP contribution is 1.89. The van der Waals surface area contributed by atoms with Gasteiger partial charge in [-0.3, -0.25) is 4.79 Å². The second-order valence-corrected chi connectivity index (χ2v) is 5.63. The lowest BCUT2D eigenvalue weighted by molar-refractivity contribution is -0.144. The third-order valence-corrected chi connectivity index (χ3v) is 3.25. The monoisotopic (exact) mass is 425 g/mol. The van der Waals surface area contributed by atoms with Crippen LogP contribution in [0.3, 0.4) is 0 Å². The second kappa shape index (κ2) is 25.2. The van der Waals surface area contributed by atoms with Gasteiger partial charge in [0.05, 0.1) is 106 Å². The van der Waals surface area contributed by atoms with Gasteiger partial charge in [-0.2, -0.15) is 0 Å². The van der Waals surface area contributed by atoms with Crippen molar-refractivity contribution in [3.8, 4) is 0 Å². The Bertz CT molecular complexity index is 335. The summed E-state index contributed by atoms with van der Waals surface area (Å²) >= 11 is 0. The quantitative estimate of drug-likeness (QED) is 0.167. The maximum absolute atomic E-state index is 11.1. The number of nitrogens with two attached hydrogens (primary N) is 1. The number of ether oxygens (including phenoxy) is 8. The number of hydrogen-bond acceptors (Lipinski definition) is 10. The molecule has 29 heavy (non-hydrogen) atoms. The van der Waals surface area contributed by atoms with Gasteiger partial charge >= 0.3 is 5.97 Å². The van der Waals surface area contributed by atoms with Gasteiger partial charge in [0.1, 0.15) is 0 Å². The second-order valence-electron chi connectivity index (χ2n) is 5.63. The Balaban J connectivity index is 3.02. The minimum absolute atomic E-state index is 0.245. The largest absolute Gasteiger partial charge is 0.466 e. The van der Waals surface area contributed by atoms with Crippen molar-refractivity contribution in [3.63, 3.8) is 0 Å². The molecule has 0 aliphatic heterocycles. The smallest absolute Gasteiger partial charge is 0.308 e. The fraction of sp³-hybridized carbons (Fsp3) is 0.947. The molecule has 0 saturated heterocycles. The SMILES string of the molecule is CCOC(=O)CCOCCOCCOCCOCCOCCOCCOCCN. The highest BCUT2D eigenvalue weighted by Gasteiger charge is 2.00. The van der Waals surface area contributed by atoms with Crippen LogP contribution in [0.25, 0.3) is 0 Å². The van der Waals surface area contributed by atoms with E-state index in [1.165, 1.54) is 0 Å². The van der Waals surface area contributed by atoms with E-state index < -0.39 is 0 Å². The van der Waals surface area contributed by atoms with Crippen LogP contribution in [0.5, 0.6) is 0 Å².